The van der Waals surface area contributed by atoms with E-state index in [1.165, 1.54) is 25.7 Å². The molecule has 5 heteroatoms. The normalized spacial score (nSPS) is 17.3. The van der Waals surface area contributed by atoms with Crippen LogP contribution in [0, 0.1) is 17.6 Å². The van der Waals surface area contributed by atoms with Crippen molar-refractivity contribution in [1.82, 2.24) is 19.3 Å². The number of imidazole rings is 1. The molecule has 0 amide bonds. The molecule has 0 saturated heterocycles. The molecule has 2 aromatic heterocycles. The minimum Gasteiger partial charge on any atom is -0.328 e. The van der Waals surface area contributed by atoms with Crippen LogP contribution in [-0.2, 0) is 13.6 Å². The molecular formula is C12H18N4S. The molecule has 1 aliphatic carbocycles. The summed E-state index contributed by atoms with van der Waals surface area (Å²) in [5.74, 6) is 0.788. The molecule has 1 N–H and O–H groups in total. The van der Waals surface area contributed by atoms with Gasteiger partial charge in [0, 0.05) is 13.6 Å². The highest BCUT2D eigenvalue weighted by Gasteiger charge is 2.19. The number of H-pyrrole nitrogens is 1. The van der Waals surface area contributed by atoms with Crippen LogP contribution in [0.4, 0.5) is 0 Å². The van der Waals surface area contributed by atoms with Gasteiger partial charge in [-0.1, -0.05) is 12.8 Å². The fourth-order valence-electron chi connectivity index (χ4n) is 2.99. The number of aromatic amines is 1. The number of nitrogens with one attached hydrogen (secondary N) is 1. The fraction of sp³-hybridized carbons (Fsp3) is 0.667. The Hall–Kier alpha value is -1.10. The van der Waals surface area contributed by atoms with E-state index >= 15 is 0 Å². The lowest BCUT2D eigenvalue weighted by molar-refractivity contribution is 0.456. The van der Waals surface area contributed by atoms with E-state index in [4.69, 9.17) is 12.2 Å². The molecule has 2 heterocycles. The molecule has 0 aliphatic heterocycles. The smallest absolute Gasteiger partial charge is 0.179 e. The molecule has 0 unspecified atom stereocenters. The Morgan fingerprint density at radius 3 is 2.82 bits per heavy atom. The van der Waals surface area contributed by atoms with Gasteiger partial charge in [-0.2, -0.15) is 5.10 Å². The molecule has 4 nitrogen and oxygen atoms in total. The minimum atomic E-state index is 0.788. The van der Waals surface area contributed by atoms with Gasteiger partial charge < -0.3 is 9.55 Å². The van der Waals surface area contributed by atoms with Crippen molar-refractivity contribution in [2.75, 3.05) is 0 Å². The monoisotopic (exact) mass is 250 g/mol. The van der Waals surface area contributed by atoms with E-state index in [0.29, 0.717) is 0 Å². The van der Waals surface area contributed by atoms with E-state index in [2.05, 4.69) is 14.6 Å². The Bertz CT molecular complexity index is 598. The number of rotatable bonds is 2. The van der Waals surface area contributed by atoms with Crippen LogP contribution >= 0.6 is 12.2 Å². The third-order valence-corrected chi connectivity index (χ3v) is 4.16. The summed E-state index contributed by atoms with van der Waals surface area (Å²) in [5, 5.41) is 4.44. The van der Waals surface area contributed by atoms with E-state index in [0.717, 1.165) is 34.1 Å². The number of hydrogen-bond donors (Lipinski definition) is 1. The zero-order valence-electron chi connectivity index (χ0n) is 10.4. The zero-order valence-corrected chi connectivity index (χ0v) is 11.2. The van der Waals surface area contributed by atoms with Gasteiger partial charge in [-0.15, -0.1) is 0 Å². The van der Waals surface area contributed by atoms with Crippen molar-refractivity contribution in [3.63, 3.8) is 0 Å². The van der Waals surface area contributed by atoms with Gasteiger partial charge in [0.2, 0.25) is 0 Å². The summed E-state index contributed by atoms with van der Waals surface area (Å²) in [7, 11) is 1.99. The Balaban J connectivity index is 2.07. The predicted molar refractivity (Wildman–Crippen MR) is 70.6 cm³/mol. The van der Waals surface area contributed by atoms with Crippen molar-refractivity contribution in [3.05, 3.63) is 10.5 Å². The van der Waals surface area contributed by atoms with E-state index in [-0.39, 0.29) is 0 Å². The second-order valence-corrected chi connectivity index (χ2v) is 5.49. The zero-order chi connectivity index (χ0) is 12.0. The second-order valence-electron chi connectivity index (χ2n) is 5.10. The topological polar surface area (TPSA) is 38.5 Å². The Labute approximate surface area is 106 Å². The molecule has 0 radical (unpaired) electrons. The molecule has 1 aliphatic rings. The lowest BCUT2D eigenvalue weighted by Gasteiger charge is -2.10. The molecule has 1 saturated carbocycles. The van der Waals surface area contributed by atoms with Gasteiger partial charge in [-0.05, 0) is 37.9 Å². The molecule has 0 atom stereocenters. The first kappa shape index (κ1) is 11.0. The lowest BCUT2D eigenvalue weighted by Crippen LogP contribution is -2.09. The van der Waals surface area contributed by atoms with Crippen LogP contribution in [0.1, 0.15) is 31.4 Å². The van der Waals surface area contributed by atoms with Gasteiger partial charge in [-0.25, -0.2) is 0 Å². The van der Waals surface area contributed by atoms with Crippen molar-refractivity contribution < 1.29 is 0 Å². The van der Waals surface area contributed by atoms with Crippen LogP contribution in [0.5, 0.6) is 0 Å². The standard InChI is InChI=1S/C12H18N4S/c1-8-10-11(15(2)14-8)16(12(17)13-10)7-9-5-3-4-6-9/h9H,3-7H2,1-2H3,(H,13,17). The predicted octanol–water partition coefficient (Wildman–Crippen LogP) is 2.93. The van der Waals surface area contributed by atoms with Crippen LogP contribution < -0.4 is 0 Å². The summed E-state index contributed by atoms with van der Waals surface area (Å²) in [6.45, 7) is 3.06. The molecular weight excluding hydrogens is 232 g/mol. The Morgan fingerprint density at radius 1 is 1.41 bits per heavy atom. The number of nitrogens with zero attached hydrogens (tertiary/aromatic N) is 3. The number of hydrogen-bond acceptors (Lipinski definition) is 2. The Kier molecular flexibility index (Phi) is 2.58. The highest BCUT2D eigenvalue weighted by Crippen LogP contribution is 2.28. The Morgan fingerprint density at radius 2 is 2.12 bits per heavy atom. The maximum Gasteiger partial charge on any atom is 0.179 e. The van der Waals surface area contributed by atoms with Crippen LogP contribution in [0.2, 0.25) is 0 Å². The molecule has 92 valence electrons. The summed E-state index contributed by atoms with van der Waals surface area (Å²) in [5.41, 5.74) is 3.26. The average Bonchev–Trinajstić information content (AvgIpc) is 2.93. The fourth-order valence-corrected chi connectivity index (χ4v) is 3.26. The summed E-state index contributed by atoms with van der Waals surface area (Å²) < 4.78 is 5.00. The summed E-state index contributed by atoms with van der Waals surface area (Å²) in [4.78, 5) is 3.28. The van der Waals surface area contributed by atoms with E-state index < -0.39 is 0 Å². The quantitative estimate of drug-likeness (QED) is 0.832. The highest BCUT2D eigenvalue weighted by atomic mass is 32.1. The number of aromatic nitrogens is 4. The molecule has 0 aromatic carbocycles. The van der Waals surface area contributed by atoms with Gasteiger partial charge in [0.25, 0.3) is 0 Å². The summed E-state index contributed by atoms with van der Waals surface area (Å²) in [6.07, 6.45) is 5.42. The van der Waals surface area contributed by atoms with Crippen molar-refractivity contribution in [1.29, 1.82) is 0 Å². The summed E-state index contributed by atoms with van der Waals surface area (Å²) in [6, 6.07) is 0. The second kappa shape index (κ2) is 3.98. The van der Waals surface area contributed by atoms with Crippen LogP contribution in [0.3, 0.4) is 0 Å². The first-order valence-electron chi connectivity index (χ1n) is 6.29. The molecule has 1 fully saturated rings. The molecule has 3 rings (SSSR count). The highest BCUT2D eigenvalue weighted by molar-refractivity contribution is 7.71. The SMILES string of the molecule is Cc1nn(C)c2c1[nH]c(=S)n2CC1CCCC1. The summed E-state index contributed by atoms with van der Waals surface area (Å²) >= 11 is 5.43. The molecule has 17 heavy (non-hydrogen) atoms. The van der Waals surface area contributed by atoms with Crippen molar-refractivity contribution in [2.45, 2.75) is 39.2 Å². The maximum atomic E-state index is 5.43. The lowest BCUT2D eigenvalue weighted by atomic mass is 10.1. The number of aryl methyl sites for hydroxylation is 2. The van der Waals surface area contributed by atoms with E-state index in [1.807, 2.05) is 18.7 Å². The first-order valence-corrected chi connectivity index (χ1v) is 6.69. The van der Waals surface area contributed by atoms with Crippen LogP contribution in [0.15, 0.2) is 0 Å². The van der Waals surface area contributed by atoms with Gasteiger partial charge in [0.05, 0.1) is 5.69 Å². The van der Waals surface area contributed by atoms with Gasteiger partial charge in [-0.3, -0.25) is 4.68 Å². The van der Waals surface area contributed by atoms with Crippen LogP contribution in [-0.4, -0.2) is 19.3 Å². The average molecular weight is 250 g/mol. The molecule has 0 spiro atoms. The van der Waals surface area contributed by atoms with Gasteiger partial charge in [0.1, 0.15) is 5.52 Å². The third kappa shape index (κ3) is 1.73. The van der Waals surface area contributed by atoms with Gasteiger partial charge in [0.15, 0.2) is 10.4 Å². The van der Waals surface area contributed by atoms with Crippen LogP contribution in [0.25, 0.3) is 11.2 Å². The largest absolute Gasteiger partial charge is 0.328 e. The third-order valence-electron chi connectivity index (χ3n) is 3.84. The van der Waals surface area contributed by atoms with Crippen molar-refractivity contribution in [2.24, 2.45) is 13.0 Å². The molecule has 0 bridgehead atoms. The van der Waals surface area contributed by atoms with Gasteiger partial charge >= 0.3 is 0 Å². The van der Waals surface area contributed by atoms with E-state index in [1.54, 1.807) is 0 Å². The minimum absolute atomic E-state index is 0.788. The van der Waals surface area contributed by atoms with Crippen molar-refractivity contribution >= 4 is 23.4 Å². The first-order chi connectivity index (χ1) is 8.16. The van der Waals surface area contributed by atoms with Crippen molar-refractivity contribution in [3.8, 4) is 0 Å². The van der Waals surface area contributed by atoms with E-state index in [9.17, 15) is 0 Å². The number of fused-ring (bicyclic) bond motifs is 1. The molecule has 2 aromatic rings. The maximum absolute atomic E-state index is 5.43.